The second kappa shape index (κ2) is 5.79. The minimum absolute atomic E-state index is 0.363. The summed E-state index contributed by atoms with van der Waals surface area (Å²) in [7, 11) is 1.80. The highest BCUT2D eigenvalue weighted by Gasteiger charge is 2.21. The fourth-order valence-electron chi connectivity index (χ4n) is 1.59. The summed E-state index contributed by atoms with van der Waals surface area (Å²) < 4.78 is 2.38. The van der Waals surface area contributed by atoms with Crippen LogP contribution in [0.2, 0.25) is 0 Å². The molecule has 1 aromatic rings. The Balaban J connectivity index is 2.06. The lowest BCUT2D eigenvalue weighted by Crippen LogP contribution is -2.16. The number of aromatic nitrogens is 2. The lowest BCUT2D eigenvalue weighted by atomic mass is 10.1. The monoisotopic (exact) mass is 361 g/mol. The first-order valence-electron chi connectivity index (χ1n) is 5.76. The van der Waals surface area contributed by atoms with Gasteiger partial charge >= 0.3 is 0 Å². The van der Waals surface area contributed by atoms with E-state index in [1.807, 2.05) is 0 Å². The number of aliphatic hydroxyl groups excluding tert-OH is 1. The van der Waals surface area contributed by atoms with Crippen LogP contribution in [-0.2, 0) is 7.05 Å². The van der Waals surface area contributed by atoms with Crippen molar-refractivity contribution in [3.8, 4) is 0 Å². The first-order valence-corrected chi connectivity index (χ1v) is 6.84. The SMILES string of the molecule is Cn1cc(C(O)/C(C=NCC2CC2)=N/N)c(I)n1. The van der Waals surface area contributed by atoms with E-state index >= 15 is 0 Å². The third kappa shape index (κ3) is 3.29. The van der Waals surface area contributed by atoms with E-state index in [1.54, 1.807) is 24.1 Å². The number of rotatable bonds is 5. The molecule has 7 heteroatoms. The predicted molar refractivity (Wildman–Crippen MR) is 78.6 cm³/mol. The summed E-state index contributed by atoms with van der Waals surface area (Å²) in [6, 6.07) is 0. The number of aliphatic imine (C=N–C) groups is 1. The van der Waals surface area contributed by atoms with Crippen LogP contribution in [0.15, 0.2) is 16.3 Å². The van der Waals surface area contributed by atoms with Crippen molar-refractivity contribution in [1.29, 1.82) is 0 Å². The Kier molecular flexibility index (Phi) is 4.33. The second-order valence-electron chi connectivity index (χ2n) is 4.44. The first-order chi connectivity index (χ1) is 8.61. The molecule has 1 heterocycles. The molecular weight excluding hydrogens is 345 g/mol. The van der Waals surface area contributed by atoms with E-state index in [1.165, 1.54) is 12.8 Å². The summed E-state index contributed by atoms with van der Waals surface area (Å²) >= 11 is 2.07. The van der Waals surface area contributed by atoms with Gasteiger partial charge in [-0.2, -0.15) is 10.2 Å². The van der Waals surface area contributed by atoms with Gasteiger partial charge in [0.15, 0.2) is 0 Å². The zero-order valence-corrected chi connectivity index (χ0v) is 12.3. The van der Waals surface area contributed by atoms with Crippen LogP contribution in [0.5, 0.6) is 0 Å². The topological polar surface area (TPSA) is 88.8 Å². The molecule has 1 aromatic heterocycles. The minimum atomic E-state index is -0.876. The largest absolute Gasteiger partial charge is 0.382 e. The zero-order chi connectivity index (χ0) is 13.1. The van der Waals surface area contributed by atoms with E-state index in [-0.39, 0.29) is 0 Å². The van der Waals surface area contributed by atoms with Crippen molar-refractivity contribution in [2.45, 2.75) is 18.9 Å². The maximum Gasteiger partial charge on any atom is 0.129 e. The highest BCUT2D eigenvalue weighted by atomic mass is 127. The molecule has 2 rings (SSSR count). The third-order valence-corrected chi connectivity index (χ3v) is 3.66. The Morgan fingerprint density at radius 1 is 1.78 bits per heavy atom. The number of nitrogens with zero attached hydrogens (tertiary/aromatic N) is 4. The molecule has 1 aliphatic carbocycles. The molecule has 0 bridgehead atoms. The van der Waals surface area contributed by atoms with Gasteiger partial charge in [0.25, 0.3) is 0 Å². The van der Waals surface area contributed by atoms with Gasteiger partial charge < -0.3 is 10.9 Å². The minimum Gasteiger partial charge on any atom is -0.382 e. The third-order valence-electron chi connectivity index (χ3n) is 2.82. The van der Waals surface area contributed by atoms with E-state index < -0.39 is 6.10 Å². The molecule has 1 saturated carbocycles. The summed E-state index contributed by atoms with van der Waals surface area (Å²) in [5.74, 6) is 6.01. The molecule has 98 valence electrons. The van der Waals surface area contributed by atoms with E-state index in [0.717, 1.165) is 10.2 Å². The van der Waals surface area contributed by atoms with Crippen LogP contribution in [0.1, 0.15) is 24.5 Å². The van der Waals surface area contributed by atoms with Gasteiger partial charge in [-0.25, -0.2) is 0 Å². The van der Waals surface area contributed by atoms with Crippen LogP contribution in [0.4, 0.5) is 0 Å². The normalized spacial score (nSPS) is 18.5. The highest BCUT2D eigenvalue weighted by Crippen LogP contribution is 2.28. The van der Waals surface area contributed by atoms with Crippen molar-refractivity contribution in [3.05, 3.63) is 15.5 Å². The fourth-order valence-corrected chi connectivity index (χ4v) is 2.37. The van der Waals surface area contributed by atoms with Crippen molar-refractivity contribution >= 4 is 34.5 Å². The molecule has 0 saturated heterocycles. The number of hydrazone groups is 1. The van der Waals surface area contributed by atoms with Gasteiger partial charge in [0.1, 0.15) is 15.5 Å². The van der Waals surface area contributed by atoms with Crippen molar-refractivity contribution in [2.24, 2.45) is 28.9 Å². The van der Waals surface area contributed by atoms with Crippen LogP contribution in [-0.4, -0.2) is 33.4 Å². The van der Waals surface area contributed by atoms with Crippen LogP contribution in [0.25, 0.3) is 0 Å². The van der Waals surface area contributed by atoms with Gasteiger partial charge in [-0.05, 0) is 41.4 Å². The standard InChI is InChI=1S/C11H16IN5O/c1-17-6-8(11(12)16-17)10(18)9(15-13)5-14-4-7-2-3-7/h5-7,10,18H,2-4,13H2,1H3/b14-5?,15-9+. The van der Waals surface area contributed by atoms with Crippen LogP contribution in [0.3, 0.4) is 0 Å². The van der Waals surface area contributed by atoms with Gasteiger partial charge in [-0.3, -0.25) is 9.67 Å². The molecule has 0 aromatic carbocycles. The Morgan fingerprint density at radius 2 is 2.50 bits per heavy atom. The van der Waals surface area contributed by atoms with Gasteiger partial charge in [0.05, 0.1) is 0 Å². The first kappa shape index (κ1) is 13.5. The Labute approximate surface area is 119 Å². The fraction of sp³-hybridized carbons (Fsp3) is 0.545. The summed E-state index contributed by atoms with van der Waals surface area (Å²) in [5, 5.41) is 18.0. The summed E-state index contributed by atoms with van der Waals surface area (Å²) in [6.07, 6.45) is 4.93. The summed E-state index contributed by atoms with van der Waals surface area (Å²) in [5.41, 5.74) is 1.06. The van der Waals surface area contributed by atoms with Gasteiger partial charge in [-0.15, -0.1) is 0 Å². The zero-order valence-electron chi connectivity index (χ0n) is 10.1. The number of aliphatic hydroxyl groups is 1. The van der Waals surface area contributed by atoms with E-state index in [2.05, 4.69) is 37.8 Å². The van der Waals surface area contributed by atoms with E-state index in [0.29, 0.717) is 17.2 Å². The van der Waals surface area contributed by atoms with Gasteiger partial charge in [0.2, 0.25) is 0 Å². The Morgan fingerprint density at radius 3 is 3.00 bits per heavy atom. The molecule has 0 amide bonds. The summed E-state index contributed by atoms with van der Waals surface area (Å²) in [4.78, 5) is 4.26. The number of hydrogen-bond acceptors (Lipinski definition) is 5. The molecule has 0 radical (unpaired) electrons. The van der Waals surface area contributed by atoms with Crippen molar-refractivity contribution < 1.29 is 5.11 Å². The number of hydrogen-bond donors (Lipinski definition) is 2. The maximum atomic E-state index is 10.2. The van der Waals surface area contributed by atoms with Crippen LogP contribution < -0.4 is 5.84 Å². The van der Waals surface area contributed by atoms with Crippen molar-refractivity contribution in [3.63, 3.8) is 0 Å². The van der Waals surface area contributed by atoms with Crippen LogP contribution in [0, 0.1) is 9.62 Å². The maximum absolute atomic E-state index is 10.2. The molecule has 3 N–H and O–H groups in total. The number of nitrogens with two attached hydrogens (primary N) is 1. The van der Waals surface area contributed by atoms with Crippen molar-refractivity contribution in [1.82, 2.24) is 9.78 Å². The van der Waals surface area contributed by atoms with Crippen molar-refractivity contribution in [2.75, 3.05) is 6.54 Å². The van der Waals surface area contributed by atoms with E-state index in [9.17, 15) is 5.11 Å². The molecule has 1 aliphatic rings. The smallest absolute Gasteiger partial charge is 0.129 e. The molecule has 18 heavy (non-hydrogen) atoms. The Hall–Kier alpha value is -0.960. The average Bonchev–Trinajstić information content (AvgIpc) is 3.09. The van der Waals surface area contributed by atoms with E-state index in [4.69, 9.17) is 5.84 Å². The van der Waals surface area contributed by atoms with Crippen LogP contribution >= 0.6 is 22.6 Å². The summed E-state index contributed by atoms with van der Waals surface area (Å²) in [6.45, 7) is 0.788. The van der Waals surface area contributed by atoms with Gasteiger partial charge in [-0.1, -0.05) is 0 Å². The lowest BCUT2D eigenvalue weighted by Gasteiger charge is -2.07. The molecule has 1 fully saturated rings. The molecule has 1 atom stereocenters. The molecule has 0 aliphatic heterocycles. The number of aryl methyl sites for hydroxylation is 1. The van der Waals surface area contributed by atoms with Gasteiger partial charge in [0, 0.05) is 31.6 Å². The Bertz CT molecular complexity index is 478. The molecular formula is C11H16IN5O. The predicted octanol–water partition coefficient (Wildman–Crippen LogP) is 0.854. The second-order valence-corrected chi connectivity index (χ2v) is 5.46. The highest BCUT2D eigenvalue weighted by molar-refractivity contribution is 14.1. The number of halogens is 1. The molecule has 0 spiro atoms. The molecule has 6 nitrogen and oxygen atoms in total. The quantitative estimate of drug-likeness (QED) is 0.353. The molecule has 1 unspecified atom stereocenters. The lowest BCUT2D eigenvalue weighted by molar-refractivity contribution is 0.248. The average molecular weight is 361 g/mol.